The molecule has 104 valence electrons. The van der Waals surface area contributed by atoms with E-state index in [4.69, 9.17) is 11.6 Å². The van der Waals surface area contributed by atoms with Crippen LogP contribution in [0.5, 0.6) is 0 Å². The Morgan fingerprint density at radius 3 is 2.55 bits per heavy atom. The van der Waals surface area contributed by atoms with Crippen molar-refractivity contribution in [2.45, 2.75) is 11.8 Å². The highest BCUT2D eigenvalue weighted by molar-refractivity contribution is 7.92. The van der Waals surface area contributed by atoms with Crippen molar-refractivity contribution in [3.05, 3.63) is 53.3 Å². The van der Waals surface area contributed by atoms with Crippen LogP contribution in [-0.2, 0) is 10.0 Å². The summed E-state index contributed by atoms with van der Waals surface area (Å²) in [4.78, 5) is 15.1. The Morgan fingerprint density at radius 2 is 1.90 bits per heavy atom. The minimum atomic E-state index is -3.90. The average Bonchev–Trinajstić information content (AvgIpc) is 2.39. The molecule has 0 saturated carbocycles. The number of pyridine rings is 1. The van der Waals surface area contributed by atoms with Crippen LogP contribution in [0.25, 0.3) is 0 Å². The zero-order chi connectivity index (χ0) is 14.8. The summed E-state index contributed by atoms with van der Waals surface area (Å²) in [6.07, 6.45) is 1.39. The molecule has 1 heterocycles. The normalized spacial score (nSPS) is 11.1. The first-order valence-electron chi connectivity index (χ1n) is 5.65. The van der Waals surface area contributed by atoms with Gasteiger partial charge >= 0.3 is 0 Å². The lowest BCUT2D eigenvalue weighted by Crippen LogP contribution is -2.15. The lowest BCUT2D eigenvalue weighted by molar-refractivity contribution is 0.101. The molecule has 7 heteroatoms. The fourth-order valence-electron chi connectivity index (χ4n) is 1.65. The summed E-state index contributed by atoms with van der Waals surface area (Å²) in [6, 6.07) is 9.16. The van der Waals surface area contributed by atoms with Crippen molar-refractivity contribution in [2.75, 3.05) is 4.72 Å². The minimum absolute atomic E-state index is 0.125. The summed E-state index contributed by atoms with van der Waals surface area (Å²) in [5, 5.41) is -0.125. The number of halogens is 1. The molecule has 0 aliphatic rings. The molecule has 0 aliphatic carbocycles. The number of para-hydroxylation sites is 1. The molecule has 2 rings (SSSR count). The third-order valence-corrected chi connectivity index (χ3v) is 4.38. The molecule has 0 aliphatic heterocycles. The second-order valence-corrected chi connectivity index (χ2v) is 6.01. The van der Waals surface area contributed by atoms with E-state index in [1.165, 1.54) is 31.3 Å². The van der Waals surface area contributed by atoms with Crippen molar-refractivity contribution < 1.29 is 13.2 Å². The molecule has 0 amide bonds. The van der Waals surface area contributed by atoms with Gasteiger partial charge in [0.25, 0.3) is 10.0 Å². The van der Waals surface area contributed by atoms with Crippen molar-refractivity contribution >= 4 is 33.1 Å². The summed E-state index contributed by atoms with van der Waals surface area (Å²) >= 11 is 5.78. The predicted molar refractivity (Wildman–Crippen MR) is 76.5 cm³/mol. The van der Waals surface area contributed by atoms with Crippen molar-refractivity contribution in [1.29, 1.82) is 0 Å². The first-order valence-corrected chi connectivity index (χ1v) is 7.51. The number of hydrogen-bond donors (Lipinski definition) is 1. The van der Waals surface area contributed by atoms with Crippen molar-refractivity contribution in [3.63, 3.8) is 0 Å². The lowest BCUT2D eigenvalue weighted by Gasteiger charge is -2.11. The molecule has 0 unspecified atom stereocenters. The Morgan fingerprint density at radius 1 is 1.20 bits per heavy atom. The van der Waals surface area contributed by atoms with Gasteiger partial charge in [-0.05, 0) is 31.2 Å². The van der Waals surface area contributed by atoms with Gasteiger partial charge in [-0.15, -0.1) is 0 Å². The highest BCUT2D eigenvalue weighted by Gasteiger charge is 2.20. The van der Waals surface area contributed by atoms with Gasteiger partial charge in [-0.25, -0.2) is 13.4 Å². The van der Waals surface area contributed by atoms with Crippen LogP contribution in [0.3, 0.4) is 0 Å². The quantitative estimate of drug-likeness (QED) is 0.696. The zero-order valence-electron chi connectivity index (χ0n) is 10.5. The van der Waals surface area contributed by atoms with Crippen molar-refractivity contribution in [3.8, 4) is 0 Å². The SMILES string of the molecule is CC(=O)c1ccccc1NS(=O)(=O)c1cccnc1Cl. The van der Waals surface area contributed by atoms with Crippen LogP contribution in [0.4, 0.5) is 5.69 Å². The van der Waals surface area contributed by atoms with Crippen molar-refractivity contribution in [2.24, 2.45) is 0 Å². The summed E-state index contributed by atoms with van der Waals surface area (Å²) < 4.78 is 26.9. The zero-order valence-corrected chi connectivity index (χ0v) is 12.1. The second kappa shape index (κ2) is 5.60. The summed E-state index contributed by atoms with van der Waals surface area (Å²) in [6.45, 7) is 1.37. The monoisotopic (exact) mass is 310 g/mol. The Labute approximate surface area is 121 Å². The van der Waals surface area contributed by atoms with E-state index in [2.05, 4.69) is 9.71 Å². The van der Waals surface area contributed by atoms with Crippen LogP contribution < -0.4 is 4.72 Å². The van der Waals surface area contributed by atoms with Gasteiger partial charge in [0.1, 0.15) is 10.0 Å². The molecular weight excluding hydrogens is 300 g/mol. The number of carbonyl (C=O) groups excluding carboxylic acids is 1. The number of rotatable bonds is 4. The number of benzene rings is 1. The van der Waals surface area contributed by atoms with Gasteiger partial charge in [0.05, 0.1) is 5.69 Å². The molecule has 5 nitrogen and oxygen atoms in total. The minimum Gasteiger partial charge on any atom is -0.294 e. The number of ketones is 1. The first kappa shape index (κ1) is 14.5. The van der Waals surface area contributed by atoms with E-state index >= 15 is 0 Å². The molecule has 1 aromatic carbocycles. The third-order valence-electron chi connectivity index (χ3n) is 2.57. The molecule has 0 spiro atoms. The fourth-order valence-corrected chi connectivity index (χ4v) is 3.18. The van der Waals surface area contributed by atoms with Gasteiger partial charge in [-0.1, -0.05) is 23.7 Å². The molecule has 2 aromatic rings. The van der Waals surface area contributed by atoms with Gasteiger partial charge in [-0.2, -0.15) is 0 Å². The molecular formula is C13H11ClN2O3S. The molecule has 20 heavy (non-hydrogen) atoms. The van der Waals surface area contributed by atoms with E-state index in [-0.39, 0.29) is 27.1 Å². The van der Waals surface area contributed by atoms with Crippen LogP contribution in [0, 0.1) is 0 Å². The van der Waals surface area contributed by atoms with Gasteiger partial charge in [0.15, 0.2) is 5.78 Å². The predicted octanol–water partition coefficient (Wildman–Crippen LogP) is 2.74. The summed E-state index contributed by atoms with van der Waals surface area (Å²) in [5.41, 5.74) is 0.496. The fraction of sp³-hybridized carbons (Fsp3) is 0.0769. The summed E-state index contributed by atoms with van der Waals surface area (Å²) in [7, 11) is -3.90. The average molecular weight is 311 g/mol. The number of nitrogens with one attached hydrogen (secondary N) is 1. The van der Waals surface area contributed by atoms with E-state index in [0.717, 1.165) is 0 Å². The first-order chi connectivity index (χ1) is 9.42. The molecule has 0 atom stereocenters. The van der Waals surface area contributed by atoms with Crippen LogP contribution in [0.15, 0.2) is 47.5 Å². The molecule has 0 bridgehead atoms. The number of carbonyl (C=O) groups is 1. The molecule has 0 saturated heterocycles. The van der Waals surface area contributed by atoms with E-state index < -0.39 is 10.0 Å². The van der Waals surface area contributed by atoms with Gasteiger partial charge in [-0.3, -0.25) is 9.52 Å². The number of nitrogens with zero attached hydrogens (tertiary/aromatic N) is 1. The van der Waals surface area contributed by atoms with E-state index in [1.54, 1.807) is 18.2 Å². The molecule has 1 aromatic heterocycles. The third kappa shape index (κ3) is 2.97. The molecule has 0 fully saturated rings. The van der Waals surface area contributed by atoms with Crippen LogP contribution in [0.2, 0.25) is 5.15 Å². The van der Waals surface area contributed by atoms with Crippen LogP contribution >= 0.6 is 11.6 Å². The van der Waals surface area contributed by atoms with Crippen molar-refractivity contribution in [1.82, 2.24) is 4.98 Å². The lowest BCUT2D eigenvalue weighted by atomic mass is 10.1. The summed E-state index contributed by atoms with van der Waals surface area (Å²) in [5.74, 6) is -0.236. The Bertz CT molecular complexity index is 760. The number of aromatic nitrogens is 1. The van der Waals surface area contributed by atoms with Crippen LogP contribution in [0.1, 0.15) is 17.3 Å². The topological polar surface area (TPSA) is 76.1 Å². The Hall–Kier alpha value is -1.92. The van der Waals surface area contributed by atoms with Gasteiger partial charge < -0.3 is 0 Å². The van der Waals surface area contributed by atoms with Gasteiger partial charge in [0, 0.05) is 11.8 Å². The maximum absolute atomic E-state index is 12.3. The van der Waals surface area contributed by atoms with E-state index in [1.807, 2.05) is 0 Å². The van der Waals surface area contributed by atoms with Crippen LogP contribution in [-0.4, -0.2) is 19.2 Å². The molecule has 1 N–H and O–H groups in total. The number of hydrogen-bond acceptors (Lipinski definition) is 4. The smallest absolute Gasteiger partial charge is 0.264 e. The Kier molecular flexibility index (Phi) is 4.06. The highest BCUT2D eigenvalue weighted by atomic mass is 35.5. The number of Topliss-reactive ketones (excluding diaryl/α,β-unsaturated/α-hetero) is 1. The largest absolute Gasteiger partial charge is 0.294 e. The number of sulfonamides is 1. The number of anilines is 1. The van der Waals surface area contributed by atoms with E-state index in [0.29, 0.717) is 0 Å². The Balaban J connectivity index is 2.45. The van der Waals surface area contributed by atoms with Gasteiger partial charge in [0.2, 0.25) is 0 Å². The second-order valence-electron chi connectivity index (χ2n) is 4.00. The van der Waals surface area contributed by atoms with E-state index in [9.17, 15) is 13.2 Å². The maximum Gasteiger partial charge on any atom is 0.264 e. The highest BCUT2D eigenvalue weighted by Crippen LogP contribution is 2.23. The molecule has 0 radical (unpaired) electrons. The maximum atomic E-state index is 12.3. The standard InChI is InChI=1S/C13H11ClN2O3S/c1-9(17)10-5-2-3-6-11(10)16-20(18,19)12-7-4-8-15-13(12)14/h2-8,16H,1H3.